The Hall–Kier alpha value is -4.57. The summed E-state index contributed by atoms with van der Waals surface area (Å²) >= 11 is 0. The number of amides is 2. The highest BCUT2D eigenvalue weighted by molar-refractivity contribution is 5.97. The number of halogens is 1. The zero-order valence-corrected chi connectivity index (χ0v) is 19.9. The molecule has 2 heterocycles. The normalized spacial score (nSPS) is 10.7. The number of nitrogens with one attached hydrogen (secondary N) is 4. The van der Waals surface area contributed by atoms with Crippen molar-refractivity contribution in [1.82, 2.24) is 15.2 Å². The summed E-state index contributed by atoms with van der Waals surface area (Å²) in [5.74, 6) is 4.65. The van der Waals surface area contributed by atoms with Crippen molar-refractivity contribution in [1.29, 1.82) is 0 Å². The Morgan fingerprint density at radius 3 is 2.67 bits per heavy atom. The van der Waals surface area contributed by atoms with Crippen molar-refractivity contribution in [2.24, 2.45) is 5.84 Å². The van der Waals surface area contributed by atoms with Gasteiger partial charge in [0.1, 0.15) is 23.7 Å². The maximum atomic E-state index is 14.8. The largest absolute Gasteiger partial charge is 0.347 e. The van der Waals surface area contributed by atoms with Gasteiger partial charge in [-0.05, 0) is 54.1 Å². The minimum atomic E-state index is -0.698. The van der Waals surface area contributed by atoms with Gasteiger partial charge in [0, 0.05) is 31.2 Å². The summed E-state index contributed by atoms with van der Waals surface area (Å²) in [6.45, 7) is 0.301. The molecule has 4 rings (SSSR count). The SMILES string of the molecule is CN(C)C(=O)CNC(=O)c1ccc(-c2ccc(NN)c(NCc3ccc4ncccc4c3)[nH+]2)cc1F. The van der Waals surface area contributed by atoms with E-state index in [-0.39, 0.29) is 18.0 Å². The molecule has 2 amide bonds. The fourth-order valence-electron chi connectivity index (χ4n) is 3.62. The summed E-state index contributed by atoms with van der Waals surface area (Å²) in [6, 6.07) is 17.7. The number of nitrogens with zero attached hydrogens (tertiary/aromatic N) is 2. The minimum absolute atomic E-state index is 0.144. The Labute approximate surface area is 207 Å². The number of hydrazine groups is 1. The van der Waals surface area contributed by atoms with Gasteiger partial charge in [-0.2, -0.15) is 0 Å². The molecule has 0 bridgehead atoms. The second-order valence-corrected chi connectivity index (χ2v) is 8.35. The first-order valence-electron chi connectivity index (χ1n) is 11.2. The maximum Gasteiger partial charge on any atom is 0.298 e. The fourth-order valence-corrected chi connectivity index (χ4v) is 3.62. The number of nitrogen functional groups attached to an aromatic ring is 1. The van der Waals surface area contributed by atoms with Gasteiger partial charge in [-0.25, -0.2) is 9.37 Å². The molecular formula is C26H27FN7O2+. The van der Waals surface area contributed by atoms with Crippen LogP contribution in [0.2, 0.25) is 0 Å². The van der Waals surface area contributed by atoms with Gasteiger partial charge in [0.2, 0.25) is 5.91 Å². The molecule has 0 saturated carbocycles. The van der Waals surface area contributed by atoms with E-state index in [2.05, 4.69) is 32.1 Å². The number of benzene rings is 2. The van der Waals surface area contributed by atoms with Crippen molar-refractivity contribution in [2.75, 3.05) is 31.4 Å². The number of fused-ring (bicyclic) bond motifs is 1. The van der Waals surface area contributed by atoms with Crippen LogP contribution in [-0.4, -0.2) is 42.3 Å². The Morgan fingerprint density at radius 2 is 1.92 bits per heavy atom. The topological polar surface area (TPSA) is 127 Å². The van der Waals surface area contributed by atoms with Crippen LogP contribution in [-0.2, 0) is 11.3 Å². The second-order valence-electron chi connectivity index (χ2n) is 8.35. The third-order valence-corrected chi connectivity index (χ3v) is 5.66. The fraction of sp³-hybridized carbons (Fsp3) is 0.154. The summed E-state index contributed by atoms with van der Waals surface area (Å²) in [5.41, 5.74) is 6.25. The molecule has 0 atom stereocenters. The summed E-state index contributed by atoms with van der Waals surface area (Å²) in [7, 11) is 3.16. The average Bonchev–Trinajstić information content (AvgIpc) is 2.89. The number of nitrogens with two attached hydrogens (primary N) is 1. The van der Waals surface area contributed by atoms with Gasteiger partial charge in [0.25, 0.3) is 11.7 Å². The highest BCUT2D eigenvalue weighted by Crippen LogP contribution is 2.24. The van der Waals surface area contributed by atoms with E-state index in [0.29, 0.717) is 29.3 Å². The number of pyridine rings is 2. The highest BCUT2D eigenvalue weighted by Gasteiger charge is 2.17. The predicted octanol–water partition coefficient (Wildman–Crippen LogP) is 2.57. The highest BCUT2D eigenvalue weighted by atomic mass is 19.1. The maximum absolute atomic E-state index is 14.8. The van der Waals surface area contributed by atoms with Crippen LogP contribution in [0.25, 0.3) is 22.2 Å². The third-order valence-electron chi connectivity index (χ3n) is 5.66. The van der Waals surface area contributed by atoms with Crippen molar-refractivity contribution in [2.45, 2.75) is 6.54 Å². The van der Waals surface area contributed by atoms with Crippen LogP contribution in [0.1, 0.15) is 15.9 Å². The molecule has 0 aliphatic rings. The lowest BCUT2D eigenvalue weighted by atomic mass is 10.1. The van der Waals surface area contributed by atoms with Crippen LogP contribution in [0.15, 0.2) is 66.9 Å². The number of hydrogen-bond acceptors (Lipinski definition) is 6. The monoisotopic (exact) mass is 488 g/mol. The Balaban J connectivity index is 1.51. The van der Waals surface area contributed by atoms with Gasteiger partial charge in [-0.1, -0.05) is 12.1 Å². The number of anilines is 2. The lowest BCUT2D eigenvalue weighted by Gasteiger charge is -2.11. The van der Waals surface area contributed by atoms with Gasteiger partial charge in [0.05, 0.1) is 17.6 Å². The number of rotatable bonds is 8. The first-order valence-corrected chi connectivity index (χ1v) is 11.2. The van der Waals surface area contributed by atoms with Crippen LogP contribution in [0, 0.1) is 5.82 Å². The number of aromatic nitrogens is 2. The van der Waals surface area contributed by atoms with Gasteiger partial charge >= 0.3 is 0 Å². The number of aromatic amines is 1. The van der Waals surface area contributed by atoms with E-state index in [1.54, 1.807) is 38.5 Å². The average molecular weight is 489 g/mol. The molecule has 0 unspecified atom stereocenters. The molecule has 6 N–H and O–H groups in total. The Kier molecular flexibility index (Phi) is 7.36. The minimum Gasteiger partial charge on any atom is -0.347 e. The van der Waals surface area contributed by atoms with Gasteiger partial charge in [0.15, 0.2) is 0 Å². The molecule has 2 aromatic carbocycles. The van der Waals surface area contributed by atoms with E-state index in [9.17, 15) is 14.0 Å². The van der Waals surface area contributed by atoms with Crippen molar-refractivity contribution in [3.63, 3.8) is 0 Å². The molecule has 4 aromatic rings. The van der Waals surface area contributed by atoms with Crippen molar-refractivity contribution in [3.8, 4) is 11.3 Å². The van der Waals surface area contributed by atoms with E-state index < -0.39 is 11.7 Å². The molecule has 0 aliphatic heterocycles. The van der Waals surface area contributed by atoms with Crippen molar-refractivity contribution in [3.05, 3.63) is 83.8 Å². The molecule has 10 heteroatoms. The number of carbonyl (C=O) groups is 2. The number of likely N-dealkylation sites (N-methyl/N-ethyl adjacent to an activating group) is 1. The van der Waals surface area contributed by atoms with Crippen molar-refractivity contribution >= 4 is 34.2 Å². The van der Waals surface area contributed by atoms with E-state index in [4.69, 9.17) is 5.84 Å². The summed E-state index contributed by atoms with van der Waals surface area (Å²) in [6.07, 6.45) is 1.76. The summed E-state index contributed by atoms with van der Waals surface area (Å²) in [4.78, 5) is 32.9. The smallest absolute Gasteiger partial charge is 0.298 e. The first kappa shape index (κ1) is 24.6. The molecule has 36 heavy (non-hydrogen) atoms. The lowest BCUT2D eigenvalue weighted by Crippen LogP contribution is -2.36. The third kappa shape index (κ3) is 5.56. The molecular weight excluding hydrogens is 461 g/mol. The second kappa shape index (κ2) is 10.8. The number of carbonyl (C=O) groups excluding carboxylic acids is 2. The number of hydrogen-bond donors (Lipinski definition) is 4. The van der Waals surface area contributed by atoms with Gasteiger partial charge in [-0.3, -0.25) is 25.7 Å². The zero-order valence-electron chi connectivity index (χ0n) is 19.9. The molecule has 0 saturated heterocycles. The number of H-pyrrole nitrogens is 1. The molecule has 0 aliphatic carbocycles. The molecule has 0 fully saturated rings. The van der Waals surface area contributed by atoms with E-state index in [0.717, 1.165) is 16.5 Å². The van der Waals surface area contributed by atoms with Crippen LogP contribution < -0.4 is 26.9 Å². The van der Waals surface area contributed by atoms with Crippen LogP contribution in [0.4, 0.5) is 15.9 Å². The van der Waals surface area contributed by atoms with E-state index >= 15 is 0 Å². The zero-order chi connectivity index (χ0) is 25.7. The molecule has 0 spiro atoms. The van der Waals surface area contributed by atoms with Crippen LogP contribution in [0.3, 0.4) is 0 Å². The van der Waals surface area contributed by atoms with E-state index in [1.807, 2.05) is 24.3 Å². The molecule has 0 radical (unpaired) electrons. The standard InChI is InChI=1S/C26H26FN7O2/c1-34(2)24(35)15-31-26(36)19-7-6-18(13-20(19)27)22-9-10-23(33-28)25(32-22)30-14-16-5-8-21-17(12-16)4-3-11-29-21/h3-13,33H,14-15,28H2,1-2H3,(H,30,32)(H,31,36)/p+1. The lowest BCUT2D eigenvalue weighted by molar-refractivity contribution is -0.347. The Bertz CT molecular complexity index is 1420. The van der Waals surface area contributed by atoms with Crippen LogP contribution in [0.5, 0.6) is 0 Å². The van der Waals surface area contributed by atoms with Crippen molar-refractivity contribution < 1.29 is 19.0 Å². The Morgan fingerprint density at radius 1 is 1.08 bits per heavy atom. The summed E-state index contributed by atoms with van der Waals surface area (Å²) in [5, 5.41) is 6.80. The quantitative estimate of drug-likeness (QED) is 0.223. The van der Waals surface area contributed by atoms with Crippen LogP contribution >= 0.6 is 0 Å². The van der Waals surface area contributed by atoms with Gasteiger partial charge < -0.3 is 15.6 Å². The van der Waals surface area contributed by atoms with E-state index in [1.165, 1.54) is 17.0 Å². The van der Waals surface area contributed by atoms with Gasteiger partial charge in [-0.15, -0.1) is 0 Å². The molecule has 184 valence electrons. The molecule has 9 nitrogen and oxygen atoms in total. The first-order chi connectivity index (χ1) is 17.4. The summed E-state index contributed by atoms with van der Waals surface area (Å²) < 4.78 is 14.8. The predicted molar refractivity (Wildman–Crippen MR) is 136 cm³/mol. The molecule has 2 aromatic heterocycles.